The molecule has 0 bridgehead atoms. The van der Waals surface area contributed by atoms with Crippen LogP contribution in [0.25, 0.3) is 21.8 Å². The van der Waals surface area contributed by atoms with Crippen molar-refractivity contribution in [1.82, 2.24) is 9.55 Å². The lowest BCUT2D eigenvalue weighted by Gasteiger charge is -1.99. The van der Waals surface area contributed by atoms with Gasteiger partial charge >= 0.3 is 0 Å². The molecule has 0 atom stereocenters. The normalized spacial score (nSPS) is 11.3. The number of H-pyrrole nitrogens is 1. The lowest BCUT2D eigenvalue weighted by molar-refractivity contribution is 0.927. The van der Waals surface area contributed by atoms with Gasteiger partial charge < -0.3 is 9.55 Å². The van der Waals surface area contributed by atoms with E-state index < -0.39 is 0 Å². The van der Waals surface area contributed by atoms with Crippen molar-refractivity contribution >= 4 is 34.0 Å². The van der Waals surface area contributed by atoms with Crippen LogP contribution in [-0.4, -0.2) is 9.55 Å². The fourth-order valence-corrected chi connectivity index (χ4v) is 2.17. The first-order chi connectivity index (χ1) is 7.27. The van der Waals surface area contributed by atoms with Crippen molar-refractivity contribution in [3.63, 3.8) is 0 Å². The van der Waals surface area contributed by atoms with Gasteiger partial charge in [0.1, 0.15) is 0 Å². The summed E-state index contributed by atoms with van der Waals surface area (Å²) in [5.74, 6) is 0. The van der Waals surface area contributed by atoms with Crippen LogP contribution in [0.3, 0.4) is 0 Å². The number of benzene rings is 2. The van der Waals surface area contributed by atoms with Gasteiger partial charge in [-0.3, -0.25) is 0 Å². The standard InChI is InChI=1S/C12H10N2S/c1-14-10-7-6-8-4-2-3-5-9(8)11(10)13-12(14)15/h2-7H,1H3,(H,13,15). The van der Waals surface area contributed by atoms with Crippen molar-refractivity contribution in [2.75, 3.05) is 0 Å². The van der Waals surface area contributed by atoms with Gasteiger partial charge in [0.2, 0.25) is 0 Å². The number of imidazole rings is 1. The van der Waals surface area contributed by atoms with Gasteiger partial charge in [0, 0.05) is 12.4 Å². The third-order valence-electron chi connectivity index (χ3n) is 2.80. The quantitative estimate of drug-likeness (QED) is 0.569. The van der Waals surface area contributed by atoms with E-state index in [1.807, 2.05) is 23.7 Å². The van der Waals surface area contributed by atoms with E-state index in [0.29, 0.717) is 0 Å². The number of aromatic amines is 1. The molecule has 3 aromatic rings. The monoisotopic (exact) mass is 214 g/mol. The number of aryl methyl sites for hydroxylation is 1. The Morgan fingerprint density at radius 3 is 2.80 bits per heavy atom. The van der Waals surface area contributed by atoms with E-state index in [1.54, 1.807) is 0 Å². The highest BCUT2D eigenvalue weighted by atomic mass is 32.1. The van der Waals surface area contributed by atoms with Gasteiger partial charge in [-0.2, -0.15) is 0 Å². The third kappa shape index (κ3) is 1.13. The Labute approximate surface area is 92.2 Å². The Balaban J connectivity index is 2.66. The van der Waals surface area contributed by atoms with Crippen LogP contribution in [0.4, 0.5) is 0 Å². The SMILES string of the molecule is Cn1c(=S)[nH]c2c3ccccc3ccc21. The van der Waals surface area contributed by atoms with Crippen LogP contribution < -0.4 is 0 Å². The molecular weight excluding hydrogens is 204 g/mol. The molecule has 1 heterocycles. The zero-order valence-electron chi connectivity index (χ0n) is 8.32. The molecule has 0 amide bonds. The van der Waals surface area contributed by atoms with E-state index in [4.69, 9.17) is 12.2 Å². The van der Waals surface area contributed by atoms with Crippen molar-refractivity contribution in [1.29, 1.82) is 0 Å². The highest BCUT2D eigenvalue weighted by Crippen LogP contribution is 2.23. The van der Waals surface area contributed by atoms with E-state index in [1.165, 1.54) is 10.8 Å². The van der Waals surface area contributed by atoms with E-state index >= 15 is 0 Å². The summed E-state index contributed by atoms with van der Waals surface area (Å²) in [6.45, 7) is 0. The van der Waals surface area contributed by atoms with Gasteiger partial charge in [0.05, 0.1) is 11.0 Å². The topological polar surface area (TPSA) is 20.7 Å². The lowest BCUT2D eigenvalue weighted by atomic mass is 10.1. The van der Waals surface area contributed by atoms with Gasteiger partial charge in [-0.05, 0) is 23.7 Å². The van der Waals surface area contributed by atoms with Crippen LogP contribution in [0.2, 0.25) is 0 Å². The van der Waals surface area contributed by atoms with Crippen LogP contribution in [0, 0.1) is 4.77 Å². The largest absolute Gasteiger partial charge is 0.330 e. The molecule has 0 unspecified atom stereocenters. The molecule has 0 aliphatic carbocycles. The van der Waals surface area contributed by atoms with Crippen LogP contribution >= 0.6 is 12.2 Å². The lowest BCUT2D eigenvalue weighted by Crippen LogP contribution is -1.85. The van der Waals surface area contributed by atoms with Gasteiger partial charge in [0.15, 0.2) is 4.77 Å². The zero-order chi connectivity index (χ0) is 10.4. The predicted octanol–water partition coefficient (Wildman–Crippen LogP) is 3.39. The number of nitrogens with zero attached hydrogens (tertiary/aromatic N) is 1. The summed E-state index contributed by atoms with van der Waals surface area (Å²) >= 11 is 5.22. The first-order valence-corrected chi connectivity index (χ1v) is 5.24. The van der Waals surface area contributed by atoms with Crippen LogP contribution in [0.5, 0.6) is 0 Å². The molecule has 15 heavy (non-hydrogen) atoms. The predicted molar refractivity (Wildman–Crippen MR) is 65.6 cm³/mol. The van der Waals surface area contributed by atoms with E-state index in [9.17, 15) is 0 Å². The Morgan fingerprint density at radius 1 is 1.13 bits per heavy atom. The minimum Gasteiger partial charge on any atom is -0.330 e. The van der Waals surface area contributed by atoms with Crippen molar-refractivity contribution in [2.24, 2.45) is 7.05 Å². The Hall–Kier alpha value is -1.61. The number of fused-ring (bicyclic) bond motifs is 3. The Bertz CT molecular complexity index is 706. The first-order valence-electron chi connectivity index (χ1n) is 4.84. The van der Waals surface area contributed by atoms with Crippen molar-refractivity contribution in [2.45, 2.75) is 0 Å². The van der Waals surface area contributed by atoms with E-state index in [0.717, 1.165) is 15.8 Å². The Kier molecular flexibility index (Phi) is 1.70. The molecule has 0 spiro atoms. The number of hydrogen-bond acceptors (Lipinski definition) is 1. The molecule has 0 saturated heterocycles. The number of nitrogens with one attached hydrogen (secondary N) is 1. The average Bonchev–Trinajstić information content (AvgIpc) is 2.56. The molecule has 74 valence electrons. The summed E-state index contributed by atoms with van der Waals surface area (Å²) in [7, 11) is 1.98. The van der Waals surface area contributed by atoms with Crippen LogP contribution in [0.1, 0.15) is 0 Å². The maximum absolute atomic E-state index is 5.22. The maximum Gasteiger partial charge on any atom is 0.177 e. The minimum absolute atomic E-state index is 0.765. The molecule has 1 aromatic heterocycles. The average molecular weight is 214 g/mol. The first kappa shape index (κ1) is 8.68. The fourth-order valence-electron chi connectivity index (χ4n) is 1.97. The summed E-state index contributed by atoms with van der Waals surface area (Å²) in [6, 6.07) is 12.5. The molecule has 1 N–H and O–H groups in total. The van der Waals surface area contributed by atoms with Crippen molar-refractivity contribution in [3.8, 4) is 0 Å². The maximum atomic E-state index is 5.22. The smallest absolute Gasteiger partial charge is 0.177 e. The summed E-state index contributed by atoms with van der Waals surface area (Å²) in [4.78, 5) is 3.25. The van der Waals surface area contributed by atoms with E-state index in [2.05, 4.69) is 29.2 Å². The molecule has 2 aromatic carbocycles. The van der Waals surface area contributed by atoms with Gasteiger partial charge in [-0.25, -0.2) is 0 Å². The van der Waals surface area contributed by atoms with Gasteiger partial charge in [-0.15, -0.1) is 0 Å². The highest BCUT2D eigenvalue weighted by molar-refractivity contribution is 7.71. The van der Waals surface area contributed by atoms with Gasteiger partial charge in [-0.1, -0.05) is 30.3 Å². The van der Waals surface area contributed by atoms with Crippen molar-refractivity contribution < 1.29 is 0 Å². The summed E-state index contributed by atoms with van der Waals surface area (Å²) < 4.78 is 2.76. The summed E-state index contributed by atoms with van der Waals surface area (Å²) in [6.07, 6.45) is 0. The molecule has 0 fully saturated rings. The van der Waals surface area contributed by atoms with Crippen LogP contribution in [-0.2, 0) is 7.05 Å². The Morgan fingerprint density at radius 2 is 1.93 bits per heavy atom. The highest BCUT2D eigenvalue weighted by Gasteiger charge is 2.03. The molecule has 3 rings (SSSR count). The molecule has 0 aliphatic heterocycles. The summed E-state index contributed by atoms with van der Waals surface area (Å²) in [5.41, 5.74) is 2.28. The second kappa shape index (κ2) is 2.94. The molecule has 0 radical (unpaired) electrons. The molecular formula is C12H10N2S. The summed E-state index contributed by atoms with van der Waals surface area (Å²) in [5, 5.41) is 2.46. The van der Waals surface area contributed by atoms with Crippen molar-refractivity contribution in [3.05, 3.63) is 41.2 Å². The molecule has 0 aliphatic rings. The number of rotatable bonds is 0. The third-order valence-corrected chi connectivity index (χ3v) is 3.18. The number of aromatic nitrogens is 2. The minimum atomic E-state index is 0.765. The van der Waals surface area contributed by atoms with Crippen LogP contribution in [0.15, 0.2) is 36.4 Å². The fraction of sp³-hybridized carbons (Fsp3) is 0.0833. The molecule has 0 saturated carbocycles. The molecule has 2 nitrogen and oxygen atoms in total. The van der Waals surface area contributed by atoms with Gasteiger partial charge in [0.25, 0.3) is 0 Å². The molecule has 3 heteroatoms. The number of hydrogen-bond donors (Lipinski definition) is 1. The zero-order valence-corrected chi connectivity index (χ0v) is 9.14. The second-order valence-electron chi connectivity index (χ2n) is 3.67. The van der Waals surface area contributed by atoms with E-state index in [-0.39, 0.29) is 0 Å². The second-order valence-corrected chi connectivity index (χ2v) is 4.06.